The Hall–Kier alpha value is -0.0500. The Labute approximate surface area is 94.7 Å². The van der Waals surface area contributed by atoms with E-state index in [1.54, 1.807) is 11.3 Å². The molecule has 2 aromatic rings. The first kappa shape index (κ1) is 9.50. The Morgan fingerprint density at radius 3 is 2.85 bits per heavy atom. The quantitative estimate of drug-likeness (QED) is 0.658. The molecule has 0 aliphatic carbocycles. The Morgan fingerprint density at radius 1 is 1.38 bits per heavy atom. The van der Waals surface area contributed by atoms with Gasteiger partial charge in [-0.1, -0.05) is 27.5 Å². The van der Waals surface area contributed by atoms with Crippen molar-refractivity contribution in [1.29, 1.82) is 0 Å². The van der Waals surface area contributed by atoms with Crippen LogP contribution in [0.15, 0.2) is 18.2 Å². The van der Waals surface area contributed by atoms with Crippen molar-refractivity contribution in [1.82, 2.24) is 0 Å². The molecule has 0 saturated carbocycles. The fraction of sp³-hybridized carbons (Fsp3) is 0.200. The molecule has 2 rings (SSSR count). The fourth-order valence-corrected chi connectivity index (χ4v) is 3.04. The van der Waals surface area contributed by atoms with E-state index >= 15 is 0 Å². The summed E-state index contributed by atoms with van der Waals surface area (Å²) < 4.78 is 1.28. The van der Waals surface area contributed by atoms with Crippen LogP contribution in [0, 0.1) is 6.92 Å². The average Bonchev–Trinajstić information content (AvgIpc) is 2.46. The molecule has 0 radical (unpaired) electrons. The van der Waals surface area contributed by atoms with Gasteiger partial charge in [-0.25, -0.2) is 0 Å². The normalized spacial score (nSPS) is 11.0. The maximum Gasteiger partial charge on any atom is 0.0496 e. The highest BCUT2D eigenvalue weighted by Crippen LogP contribution is 2.32. The molecule has 0 aliphatic heterocycles. The first-order chi connectivity index (χ1) is 6.20. The molecule has 68 valence electrons. The van der Waals surface area contributed by atoms with Crippen LogP contribution in [0.3, 0.4) is 0 Å². The highest BCUT2D eigenvalue weighted by molar-refractivity contribution is 9.08. The molecule has 0 bridgehead atoms. The van der Waals surface area contributed by atoms with E-state index in [9.17, 15) is 0 Å². The smallest absolute Gasteiger partial charge is 0.0496 e. The third-order valence-electron chi connectivity index (χ3n) is 1.92. The fourth-order valence-electron chi connectivity index (χ4n) is 1.35. The third-order valence-corrected chi connectivity index (χ3v) is 3.88. The number of halogens is 2. The van der Waals surface area contributed by atoms with Crippen LogP contribution in [-0.2, 0) is 5.33 Å². The minimum absolute atomic E-state index is 0.858. The highest BCUT2D eigenvalue weighted by Gasteiger charge is 2.04. The average molecular weight is 276 g/mol. The molecule has 0 unspecified atom stereocenters. The lowest BCUT2D eigenvalue weighted by molar-refractivity contribution is 1.47. The molecule has 0 aliphatic rings. The van der Waals surface area contributed by atoms with Crippen molar-refractivity contribution < 1.29 is 0 Å². The van der Waals surface area contributed by atoms with E-state index in [2.05, 4.69) is 35.0 Å². The summed E-state index contributed by atoms with van der Waals surface area (Å²) in [5, 5.41) is 2.89. The van der Waals surface area contributed by atoms with Crippen molar-refractivity contribution >= 4 is 49.0 Å². The predicted octanol–water partition coefficient (Wildman–Crippen LogP) is 4.76. The predicted molar refractivity (Wildman–Crippen MR) is 64.2 cm³/mol. The Morgan fingerprint density at radius 2 is 2.15 bits per heavy atom. The summed E-state index contributed by atoms with van der Waals surface area (Å²) >= 11 is 11.4. The van der Waals surface area contributed by atoms with Gasteiger partial charge in [0.2, 0.25) is 0 Å². The first-order valence-corrected chi connectivity index (χ1v) is 6.27. The van der Waals surface area contributed by atoms with Gasteiger partial charge >= 0.3 is 0 Å². The highest BCUT2D eigenvalue weighted by atomic mass is 79.9. The van der Waals surface area contributed by atoms with Gasteiger partial charge in [-0.2, -0.15) is 0 Å². The molecular weight excluding hydrogens is 268 g/mol. The number of fused-ring (bicyclic) bond motifs is 1. The third kappa shape index (κ3) is 1.76. The summed E-state index contributed by atoms with van der Waals surface area (Å²) in [5.41, 5.74) is 1.24. The summed E-state index contributed by atoms with van der Waals surface area (Å²) in [6.07, 6.45) is 0. The van der Waals surface area contributed by atoms with Crippen LogP contribution in [0.2, 0.25) is 5.02 Å². The number of aryl methyl sites for hydroxylation is 1. The largest absolute Gasteiger partial charge is 0.141 e. The van der Waals surface area contributed by atoms with Crippen LogP contribution in [0.25, 0.3) is 10.1 Å². The zero-order valence-corrected chi connectivity index (χ0v) is 10.3. The number of benzene rings is 1. The summed E-state index contributed by atoms with van der Waals surface area (Å²) in [6, 6.07) is 6.35. The summed E-state index contributed by atoms with van der Waals surface area (Å²) in [4.78, 5) is 1.31. The van der Waals surface area contributed by atoms with Gasteiger partial charge in [0.25, 0.3) is 0 Å². The van der Waals surface area contributed by atoms with E-state index in [-0.39, 0.29) is 0 Å². The second-order valence-electron chi connectivity index (χ2n) is 2.98. The van der Waals surface area contributed by atoms with E-state index in [0.29, 0.717) is 0 Å². The van der Waals surface area contributed by atoms with Gasteiger partial charge < -0.3 is 0 Å². The van der Waals surface area contributed by atoms with E-state index in [0.717, 1.165) is 10.4 Å². The molecule has 0 amide bonds. The lowest BCUT2D eigenvalue weighted by Gasteiger charge is -1.97. The molecular formula is C10H8BrClS. The molecule has 0 fully saturated rings. The van der Waals surface area contributed by atoms with Gasteiger partial charge in [-0.15, -0.1) is 11.3 Å². The Balaban J connectivity index is 2.75. The van der Waals surface area contributed by atoms with Gasteiger partial charge in [-0.05, 0) is 30.7 Å². The maximum absolute atomic E-state index is 6.14. The molecule has 3 heteroatoms. The number of alkyl halides is 1. The molecule has 0 atom stereocenters. The number of thiophene rings is 1. The van der Waals surface area contributed by atoms with E-state index in [1.807, 2.05) is 6.07 Å². The molecule has 0 spiro atoms. The lowest BCUT2D eigenvalue weighted by atomic mass is 10.2. The van der Waals surface area contributed by atoms with Crippen LogP contribution >= 0.6 is 38.9 Å². The molecule has 1 heterocycles. The van der Waals surface area contributed by atoms with Gasteiger partial charge in [-0.3, -0.25) is 0 Å². The number of rotatable bonds is 1. The molecule has 1 aromatic carbocycles. The van der Waals surface area contributed by atoms with E-state index < -0.39 is 0 Å². The van der Waals surface area contributed by atoms with Crippen molar-refractivity contribution in [2.45, 2.75) is 12.3 Å². The van der Waals surface area contributed by atoms with Gasteiger partial charge in [0.05, 0.1) is 0 Å². The van der Waals surface area contributed by atoms with Crippen LogP contribution in [0.4, 0.5) is 0 Å². The molecule has 13 heavy (non-hydrogen) atoms. The molecule has 0 nitrogen and oxygen atoms in total. The Kier molecular flexibility index (Phi) is 2.63. The van der Waals surface area contributed by atoms with E-state index in [1.165, 1.54) is 20.5 Å². The van der Waals surface area contributed by atoms with Crippen LogP contribution in [0.5, 0.6) is 0 Å². The van der Waals surface area contributed by atoms with Gasteiger partial charge in [0.1, 0.15) is 0 Å². The molecule has 0 saturated heterocycles. The molecule has 0 N–H and O–H groups in total. The first-order valence-electron chi connectivity index (χ1n) is 3.95. The zero-order chi connectivity index (χ0) is 9.42. The zero-order valence-electron chi connectivity index (χ0n) is 7.10. The van der Waals surface area contributed by atoms with Crippen molar-refractivity contribution in [3.05, 3.63) is 33.7 Å². The molecule has 1 aromatic heterocycles. The maximum atomic E-state index is 6.14. The van der Waals surface area contributed by atoms with Gasteiger partial charge in [0, 0.05) is 25.3 Å². The minimum Gasteiger partial charge on any atom is -0.141 e. The Bertz CT molecular complexity index is 447. The van der Waals surface area contributed by atoms with Crippen LogP contribution in [-0.4, -0.2) is 0 Å². The van der Waals surface area contributed by atoms with Gasteiger partial charge in [0.15, 0.2) is 0 Å². The van der Waals surface area contributed by atoms with Crippen molar-refractivity contribution in [2.75, 3.05) is 0 Å². The standard InChI is InChI=1S/C10H8BrClS/c1-6-2-8-9(12)3-7(5-11)4-10(8)13-6/h2-4H,5H2,1H3. The van der Waals surface area contributed by atoms with E-state index in [4.69, 9.17) is 11.6 Å². The summed E-state index contributed by atoms with van der Waals surface area (Å²) in [6.45, 7) is 2.11. The lowest BCUT2D eigenvalue weighted by Crippen LogP contribution is -1.76. The minimum atomic E-state index is 0.858. The van der Waals surface area contributed by atoms with Crippen LogP contribution in [0.1, 0.15) is 10.4 Å². The van der Waals surface area contributed by atoms with Crippen molar-refractivity contribution in [2.24, 2.45) is 0 Å². The van der Waals surface area contributed by atoms with Crippen molar-refractivity contribution in [3.8, 4) is 0 Å². The van der Waals surface area contributed by atoms with Crippen LogP contribution < -0.4 is 0 Å². The monoisotopic (exact) mass is 274 g/mol. The number of hydrogen-bond acceptors (Lipinski definition) is 1. The number of hydrogen-bond donors (Lipinski definition) is 0. The summed E-state index contributed by atoms with van der Waals surface area (Å²) in [7, 11) is 0. The second-order valence-corrected chi connectivity index (χ2v) is 5.24. The SMILES string of the molecule is Cc1cc2c(Cl)cc(CBr)cc2s1. The topological polar surface area (TPSA) is 0 Å². The van der Waals surface area contributed by atoms with Crippen molar-refractivity contribution in [3.63, 3.8) is 0 Å². The second kappa shape index (κ2) is 3.60. The summed E-state index contributed by atoms with van der Waals surface area (Å²) in [5.74, 6) is 0.